The van der Waals surface area contributed by atoms with Crippen molar-refractivity contribution in [1.82, 2.24) is 4.90 Å². The Morgan fingerprint density at radius 3 is 2.26 bits per heavy atom. The van der Waals surface area contributed by atoms with Crippen LogP contribution in [-0.2, 0) is 14.3 Å². The van der Waals surface area contributed by atoms with Crippen LogP contribution in [0.25, 0.3) is 0 Å². The average Bonchev–Trinajstić information content (AvgIpc) is 2.49. The van der Waals surface area contributed by atoms with Gasteiger partial charge in [0, 0.05) is 23.5 Å². The molecule has 0 saturated heterocycles. The summed E-state index contributed by atoms with van der Waals surface area (Å²) in [6.45, 7) is 4.00. The third-order valence-corrected chi connectivity index (χ3v) is 3.53. The zero-order chi connectivity index (χ0) is 17.2. The summed E-state index contributed by atoms with van der Waals surface area (Å²) in [5.74, 6) is 0. The van der Waals surface area contributed by atoms with E-state index in [0.29, 0.717) is 25.3 Å². The molecule has 0 radical (unpaired) electrons. The number of nitrogens with zero attached hydrogens (tertiary/aromatic N) is 3. The first-order valence-corrected chi connectivity index (χ1v) is 9.74. The lowest BCUT2D eigenvalue weighted by Crippen LogP contribution is -2.27. The van der Waals surface area contributed by atoms with Crippen LogP contribution in [0.3, 0.4) is 0 Å². The Balaban J connectivity index is 2.44. The van der Waals surface area contributed by atoms with Gasteiger partial charge in [0.15, 0.2) is 0 Å². The summed E-state index contributed by atoms with van der Waals surface area (Å²) >= 11 is 10.8. The Hall–Kier alpha value is -1.11. The third-order valence-electron chi connectivity index (χ3n) is 2.97. The molecule has 9 heteroatoms. The maximum absolute atomic E-state index is 8.94. The van der Waals surface area contributed by atoms with Crippen LogP contribution in [0.5, 0.6) is 0 Å². The first kappa shape index (κ1) is 19.9. The largest absolute Gasteiger partial charge is 0.377 e. The standard InChI is InChI=1S/C14H16Cl2N3O3P/c1-11-7-13(14(9-17)10-18)8-12(2)19(11)3-4-20-5-6-21-22-23(15)16/h7-8H,3-6H2,1-2H3. The van der Waals surface area contributed by atoms with Gasteiger partial charge in [-0.15, -0.1) is 0 Å². The topological polar surface area (TPSA) is 78.5 Å². The second-order valence-corrected chi connectivity index (χ2v) is 7.40. The molecule has 0 bridgehead atoms. The number of hydrogen-bond donors (Lipinski definition) is 0. The van der Waals surface area contributed by atoms with Crippen LogP contribution in [0.4, 0.5) is 0 Å². The van der Waals surface area contributed by atoms with Crippen LogP contribution in [0.2, 0.25) is 0 Å². The van der Waals surface area contributed by atoms with E-state index in [-0.39, 0.29) is 12.2 Å². The summed E-state index contributed by atoms with van der Waals surface area (Å²) in [4.78, 5) is 6.78. The van der Waals surface area contributed by atoms with E-state index < -0.39 is 6.85 Å². The Morgan fingerprint density at radius 2 is 1.74 bits per heavy atom. The fourth-order valence-electron chi connectivity index (χ4n) is 2.00. The van der Waals surface area contributed by atoms with Crippen molar-refractivity contribution < 1.29 is 14.3 Å². The van der Waals surface area contributed by atoms with E-state index in [4.69, 9.17) is 42.6 Å². The summed E-state index contributed by atoms with van der Waals surface area (Å²) in [6.07, 6.45) is 3.63. The minimum atomic E-state index is -1.57. The SMILES string of the molecule is CC1=CC(=C(C#N)C#N)C=C(C)N1CCOCCOOP(Cl)Cl. The van der Waals surface area contributed by atoms with Gasteiger partial charge < -0.3 is 9.64 Å². The molecule has 0 saturated carbocycles. The van der Waals surface area contributed by atoms with E-state index in [9.17, 15) is 0 Å². The Bertz CT molecular complexity index is 553. The minimum absolute atomic E-state index is 0.107. The summed E-state index contributed by atoms with van der Waals surface area (Å²) in [5.41, 5.74) is 2.63. The lowest BCUT2D eigenvalue weighted by molar-refractivity contribution is -0.204. The number of nitriles is 2. The molecule has 0 aliphatic carbocycles. The maximum Gasteiger partial charge on any atom is 0.262 e. The van der Waals surface area contributed by atoms with Crippen molar-refractivity contribution in [2.45, 2.75) is 13.8 Å². The quantitative estimate of drug-likeness (QED) is 0.208. The molecule has 23 heavy (non-hydrogen) atoms. The average molecular weight is 376 g/mol. The van der Waals surface area contributed by atoms with Crippen molar-refractivity contribution in [3.05, 3.63) is 34.7 Å². The van der Waals surface area contributed by atoms with E-state index in [0.717, 1.165) is 11.4 Å². The highest BCUT2D eigenvalue weighted by Crippen LogP contribution is 2.47. The fourth-order valence-corrected chi connectivity index (χ4v) is 2.40. The van der Waals surface area contributed by atoms with Crippen LogP contribution in [0.15, 0.2) is 34.7 Å². The third kappa shape index (κ3) is 6.89. The molecule has 0 spiro atoms. The first-order chi connectivity index (χ1) is 11.0. The van der Waals surface area contributed by atoms with E-state index in [2.05, 4.69) is 4.67 Å². The van der Waals surface area contributed by atoms with Gasteiger partial charge >= 0.3 is 0 Å². The van der Waals surface area contributed by atoms with Crippen LogP contribution >= 0.6 is 29.3 Å². The summed E-state index contributed by atoms with van der Waals surface area (Å²) in [6, 6.07) is 3.80. The predicted molar refractivity (Wildman–Crippen MR) is 89.0 cm³/mol. The molecule has 0 unspecified atom stereocenters. The van der Waals surface area contributed by atoms with Crippen LogP contribution < -0.4 is 0 Å². The van der Waals surface area contributed by atoms with Gasteiger partial charge in [-0.05, 0) is 48.5 Å². The van der Waals surface area contributed by atoms with Gasteiger partial charge in [-0.2, -0.15) is 15.2 Å². The molecule has 6 nitrogen and oxygen atoms in total. The van der Waals surface area contributed by atoms with Gasteiger partial charge in [-0.3, -0.25) is 0 Å². The second-order valence-electron chi connectivity index (χ2n) is 4.49. The van der Waals surface area contributed by atoms with Crippen molar-refractivity contribution in [2.75, 3.05) is 26.4 Å². The van der Waals surface area contributed by atoms with Crippen molar-refractivity contribution in [2.24, 2.45) is 0 Å². The molecule has 0 N–H and O–H groups in total. The fraction of sp³-hybridized carbons (Fsp3) is 0.429. The van der Waals surface area contributed by atoms with Crippen molar-refractivity contribution >= 4 is 29.3 Å². The van der Waals surface area contributed by atoms with E-state index in [1.807, 2.05) is 43.0 Å². The van der Waals surface area contributed by atoms with E-state index >= 15 is 0 Å². The van der Waals surface area contributed by atoms with Crippen molar-refractivity contribution in [3.63, 3.8) is 0 Å². The summed E-state index contributed by atoms with van der Waals surface area (Å²) < 4.78 is 9.99. The highest BCUT2D eigenvalue weighted by Gasteiger charge is 2.15. The van der Waals surface area contributed by atoms with Crippen molar-refractivity contribution in [3.8, 4) is 12.1 Å². The molecule has 1 aliphatic rings. The van der Waals surface area contributed by atoms with E-state index in [1.54, 1.807) is 0 Å². The monoisotopic (exact) mass is 375 g/mol. The molecule has 0 amide bonds. The molecule has 0 aromatic carbocycles. The smallest absolute Gasteiger partial charge is 0.262 e. The number of halogens is 2. The normalized spacial score (nSPS) is 14.2. The zero-order valence-corrected chi connectivity index (χ0v) is 15.2. The predicted octanol–water partition coefficient (Wildman–Crippen LogP) is 4.12. The molecular weight excluding hydrogens is 360 g/mol. The summed E-state index contributed by atoms with van der Waals surface area (Å²) in [7, 11) is 0. The first-order valence-electron chi connectivity index (χ1n) is 6.67. The molecule has 1 rings (SSSR count). The molecule has 0 aromatic heterocycles. The highest BCUT2D eigenvalue weighted by molar-refractivity contribution is 8.00. The number of rotatable bonds is 8. The Labute approximate surface area is 146 Å². The molecule has 0 fully saturated rings. The zero-order valence-electron chi connectivity index (χ0n) is 12.8. The van der Waals surface area contributed by atoms with Gasteiger partial charge in [-0.25, -0.2) is 4.89 Å². The second kappa shape index (κ2) is 10.6. The minimum Gasteiger partial charge on any atom is -0.377 e. The van der Waals surface area contributed by atoms with Gasteiger partial charge in [0.2, 0.25) is 0 Å². The van der Waals surface area contributed by atoms with Crippen molar-refractivity contribution in [1.29, 1.82) is 10.5 Å². The van der Waals surface area contributed by atoms with Gasteiger partial charge in [0.05, 0.1) is 13.2 Å². The summed E-state index contributed by atoms with van der Waals surface area (Å²) in [5, 5.41) is 17.9. The van der Waals surface area contributed by atoms with Gasteiger partial charge in [0.1, 0.15) is 24.3 Å². The molecule has 1 heterocycles. The highest BCUT2D eigenvalue weighted by atomic mass is 35.9. The molecular formula is C14H16Cl2N3O3P. The number of hydrogen-bond acceptors (Lipinski definition) is 6. The molecule has 0 atom stereocenters. The Morgan fingerprint density at radius 1 is 1.13 bits per heavy atom. The van der Waals surface area contributed by atoms with Crippen LogP contribution in [0, 0.1) is 22.7 Å². The molecule has 1 aliphatic heterocycles. The van der Waals surface area contributed by atoms with Crippen LogP contribution in [0.1, 0.15) is 13.8 Å². The lowest BCUT2D eigenvalue weighted by atomic mass is 10.0. The number of allylic oxidation sites excluding steroid dienone is 6. The van der Waals surface area contributed by atoms with Crippen LogP contribution in [-0.4, -0.2) is 31.3 Å². The lowest BCUT2D eigenvalue weighted by Gasteiger charge is -2.29. The molecule has 0 aromatic rings. The van der Waals surface area contributed by atoms with Gasteiger partial charge in [-0.1, -0.05) is 0 Å². The van der Waals surface area contributed by atoms with Gasteiger partial charge in [0.25, 0.3) is 6.85 Å². The van der Waals surface area contributed by atoms with E-state index in [1.165, 1.54) is 0 Å². The molecule has 124 valence electrons. The Kier molecular flexibility index (Phi) is 9.21. The maximum atomic E-state index is 8.94. The number of ether oxygens (including phenoxy) is 1.